The minimum absolute atomic E-state index is 0.151. The highest BCUT2D eigenvalue weighted by atomic mass is 32.1. The van der Waals surface area contributed by atoms with Crippen LogP contribution in [0.1, 0.15) is 19.3 Å². The van der Waals surface area contributed by atoms with E-state index in [9.17, 15) is 9.59 Å². The number of pyridine rings is 1. The SMILES string of the molecule is O=c1c2ccc3sc4ccccc4c4ccc(c(=O)n1CCCN1CCCC1)c2c34. The average Bonchev–Trinajstić information content (AvgIpc) is 3.29. The number of nitrogens with zero attached hydrogens (tertiary/aromatic N) is 2. The summed E-state index contributed by atoms with van der Waals surface area (Å²) in [6.07, 6.45) is 3.33. The molecule has 1 fully saturated rings. The highest BCUT2D eigenvalue weighted by Gasteiger charge is 2.18. The molecule has 4 nitrogen and oxygen atoms in total. The second kappa shape index (κ2) is 6.89. The van der Waals surface area contributed by atoms with E-state index in [1.165, 1.54) is 27.5 Å². The lowest BCUT2D eigenvalue weighted by Crippen LogP contribution is -2.34. The first-order chi connectivity index (χ1) is 14.7. The predicted molar refractivity (Wildman–Crippen MR) is 126 cm³/mol. The van der Waals surface area contributed by atoms with Gasteiger partial charge in [-0.2, -0.15) is 0 Å². The summed E-state index contributed by atoms with van der Waals surface area (Å²) >= 11 is 1.72. The minimum Gasteiger partial charge on any atom is -0.303 e. The van der Waals surface area contributed by atoms with Crippen LogP contribution in [0, 0.1) is 0 Å². The maximum absolute atomic E-state index is 13.3. The van der Waals surface area contributed by atoms with Crippen molar-refractivity contribution in [3.63, 3.8) is 0 Å². The first kappa shape index (κ1) is 18.0. The molecule has 6 rings (SSSR count). The molecule has 0 radical (unpaired) electrons. The van der Waals surface area contributed by atoms with Crippen molar-refractivity contribution < 1.29 is 0 Å². The molecule has 0 spiro atoms. The number of hydrogen-bond acceptors (Lipinski definition) is 4. The quantitative estimate of drug-likeness (QED) is 0.313. The van der Waals surface area contributed by atoms with Gasteiger partial charge in [-0.05, 0) is 73.9 Å². The molecule has 5 heteroatoms. The predicted octanol–water partition coefficient (Wildman–Crippen LogP) is 4.81. The summed E-state index contributed by atoms with van der Waals surface area (Å²) in [6, 6.07) is 16.3. The van der Waals surface area contributed by atoms with Crippen LogP contribution in [0.3, 0.4) is 0 Å². The van der Waals surface area contributed by atoms with Crippen molar-refractivity contribution in [2.24, 2.45) is 0 Å². The highest BCUT2D eigenvalue weighted by Crippen LogP contribution is 2.39. The molecule has 2 aromatic heterocycles. The maximum atomic E-state index is 13.3. The number of benzene rings is 3. The molecule has 150 valence electrons. The van der Waals surface area contributed by atoms with Gasteiger partial charge in [0.1, 0.15) is 0 Å². The van der Waals surface area contributed by atoms with Crippen LogP contribution in [-0.4, -0.2) is 29.1 Å². The smallest absolute Gasteiger partial charge is 0.261 e. The van der Waals surface area contributed by atoms with Crippen LogP contribution < -0.4 is 11.1 Å². The van der Waals surface area contributed by atoms with Crippen LogP contribution >= 0.6 is 11.3 Å². The van der Waals surface area contributed by atoms with Crippen molar-refractivity contribution in [2.45, 2.75) is 25.8 Å². The fourth-order valence-corrected chi connectivity index (χ4v) is 6.19. The Morgan fingerprint density at radius 2 is 1.40 bits per heavy atom. The van der Waals surface area contributed by atoms with Gasteiger partial charge >= 0.3 is 0 Å². The second-order valence-electron chi connectivity index (χ2n) is 8.28. The van der Waals surface area contributed by atoms with Gasteiger partial charge in [0.15, 0.2) is 0 Å². The van der Waals surface area contributed by atoms with Gasteiger partial charge in [0.25, 0.3) is 11.1 Å². The van der Waals surface area contributed by atoms with Crippen molar-refractivity contribution in [2.75, 3.05) is 19.6 Å². The number of hydrogen-bond donors (Lipinski definition) is 0. The third kappa shape index (κ3) is 2.62. The molecule has 3 aromatic carbocycles. The molecule has 1 aliphatic heterocycles. The van der Waals surface area contributed by atoms with Crippen molar-refractivity contribution >= 4 is 53.1 Å². The monoisotopic (exact) mass is 414 g/mol. The molecular weight excluding hydrogens is 392 g/mol. The molecule has 0 amide bonds. The molecule has 3 heterocycles. The van der Waals surface area contributed by atoms with Gasteiger partial charge in [-0.25, -0.2) is 0 Å². The van der Waals surface area contributed by atoms with Crippen molar-refractivity contribution in [3.05, 3.63) is 69.2 Å². The van der Waals surface area contributed by atoms with E-state index in [2.05, 4.69) is 23.1 Å². The average molecular weight is 415 g/mol. The molecule has 0 saturated carbocycles. The third-order valence-electron chi connectivity index (χ3n) is 6.53. The molecule has 0 unspecified atom stereocenters. The summed E-state index contributed by atoms with van der Waals surface area (Å²) in [5.41, 5.74) is -0.303. The number of fused-ring (bicyclic) bond motifs is 2. The zero-order valence-electron chi connectivity index (χ0n) is 16.7. The molecular formula is C25H22N2O2S. The molecule has 0 atom stereocenters. The Morgan fingerprint density at radius 1 is 0.700 bits per heavy atom. The molecule has 0 aliphatic carbocycles. The zero-order valence-corrected chi connectivity index (χ0v) is 17.5. The van der Waals surface area contributed by atoms with Gasteiger partial charge in [-0.15, -0.1) is 11.3 Å². The Morgan fingerprint density at radius 3 is 2.20 bits per heavy atom. The van der Waals surface area contributed by atoms with Crippen LogP contribution in [0.2, 0.25) is 0 Å². The van der Waals surface area contributed by atoms with E-state index in [1.807, 2.05) is 30.3 Å². The molecule has 0 bridgehead atoms. The maximum Gasteiger partial charge on any atom is 0.261 e. The van der Waals surface area contributed by atoms with Gasteiger partial charge in [0.05, 0.1) is 0 Å². The standard InChI is InChI=1S/C25H22N2O2S/c28-24-18-9-8-17-16-6-1-2-7-20(16)30-21-11-10-19(22(18)23(17)21)25(29)27(24)15-5-14-26-12-3-4-13-26/h1-2,6-11H,3-5,12-15H2. The summed E-state index contributed by atoms with van der Waals surface area (Å²) in [5, 5.41) is 5.48. The van der Waals surface area contributed by atoms with E-state index >= 15 is 0 Å². The topological polar surface area (TPSA) is 42.3 Å². The summed E-state index contributed by atoms with van der Waals surface area (Å²) in [6.45, 7) is 3.70. The fourth-order valence-electron chi connectivity index (χ4n) is 5.07. The van der Waals surface area contributed by atoms with E-state index in [4.69, 9.17) is 0 Å². The Kier molecular flexibility index (Phi) is 4.15. The number of rotatable bonds is 4. The number of aromatic nitrogens is 1. The molecule has 1 aliphatic rings. The fraction of sp³-hybridized carbons (Fsp3) is 0.280. The van der Waals surface area contributed by atoms with Crippen LogP contribution in [0.4, 0.5) is 0 Å². The first-order valence-electron chi connectivity index (χ1n) is 10.7. The lowest BCUT2D eigenvalue weighted by molar-refractivity contribution is 0.324. The van der Waals surface area contributed by atoms with Crippen LogP contribution in [0.5, 0.6) is 0 Å². The Bertz CT molecular complexity index is 1490. The van der Waals surface area contributed by atoms with E-state index in [0.717, 1.165) is 46.9 Å². The second-order valence-corrected chi connectivity index (χ2v) is 9.37. The van der Waals surface area contributed by atoms with Gasteiger partial charge in [0, 0.05) is 37.5 Å². The number of likely N-dealkylation sites (tertiary alicyclic amines) is 1. The van der Waals surface area contributed by atoms with Gasteiger partial charge in [-0.1, -0.05) is 24.3 Å². The van der Waals surface area contributed by atoms with Gasteiger partial charge in [0.2, 0.25) is 0 Å². The van der Waals surface area contributed by atoms with Crippen LogP contribution in [0.15, 0.2) is 58.1 Å². The van der Waals surface area contributed by atoms with E-state index in [0.29, 0.717) is 17.3 Å². The van der Waals surface area contributed by atoms with Crippen molar-refractivity contribution in [1.29, 1.82) is 0 Å². The van der Waals surface area contributed by atoms with E-state index in [-0.39, 0.29) is 11.1 Å². The summed E-state index contributed by atoms with van der Waals surface area (Å²) in [5.74, 6) is 0. The summed E-state index contributed by atoms with van der Waals surface area (Å²) in [7, 11) is 0. The minimum atomic E-state index is -0.151. The third-order valence-corrected chi connectivity index (χ3v) is 7.66. The highest BCUT2D eigenvalue weighted by molar-refractivity contribution is 7.25. The normalized spacial score (nSPS) is 15.3. The summed E-state index contributed by atoms with van der Waals surface area (Å²) < 4.78 is 3.79. The van der Waals surface area contributed by atoms with E-state index < -0.39 is 0 Å². The zero-order chi connectivity index (χ0) is 20.2. The molecule has 0 N–H and O–H groups in total. The first-order valence-corrected chi connectivity index (χ1v) is 11.5. The lowest BCUT2D eigenvalue weighted by atomic mass is 9.98. The summed E-state index contributed by atoms with van der Waals surface area (Å²) in [4.78, 5) is 29.0. The molecule has 30 heavy (non-hydrogen) atoms. The largest absolute Gasteiger partial charge is 0.303 e. The van der Waals surface area contributed by atoms with Gasteiger partial charge < -0.3 is 4.90 Å². The van der Waals surface area contributed by atoms with E-state index in [1.54, 1.807) is 11.3 Å². The molecule has 1 saturated heterocycles. The Balaban J connectivity index is 1.56. The van der Waals surface area contributed by atoms with Crippen molar-refractivity contribution in [1.82, 2.24) is 9.47 Å². The lowest BCUT2D eigenvalue weighted by Gasteiger charge is -2.16. The van der Waals surface area contributed by atoms with Crippen LogP contribution in [0.25, 0.3) is 41.7 Å². The molecule has 5 aromatic rings. The Labute approximate surface area is 177 Å². The Hall–Kier alpha value is -2.76. The van der Waals surface area contributed by atoms with Gasteiger partial charge in [-0.3, -0.25) is 14.2 Å². The van der Waals surface area contributed by atoms with Crippen LogP contribution in [-0.2, 0) is 6.54 Å². The van der Waals surface area contributed by atoms with Crippen molar-refractivity contribution in [3.8, 4) is 0 Å².